The first-order valence-corrected chi connectivity index (χ1v) is 8.18. The molecule has 6 heteroatoms. The first kappa shape index (κ1) is 14.0. The van der Waals surface area contributed by atoms with Crippen molar-refractivity contribution >= 4 is 38.2 Å². The average Bonchev–Trinajstić information content (AvgIpc) is 2.85. The van der Waals surface area contributed by atoms with Gasteiger partial charge in [-0.2, -0.15) is 0 Å². The van der Waals surface area contributed by atoms with Crippen LogP contribution in [0.15, 0.2) is 53.6 Å². The first-order chi connectivity index (χ1) is 9.95. The molecule has 3 rings (SSSR count). The highest BCUT2D eigenvalue weighted by Gasteiger charge is 2.18. The van der Waals surface area contributed by atoms with Gasteiger partial charge in [0, 0.05) is 22.8 Å². The third kappa shape index (κ3) is 2.75. The van der Waals surface area contributed by atoms with E-state index in [1.165, 1.54) is 6.07 Å². The van der Waals surface area contributed by atoms with Crippen molar-refractivity contribution in [2.45, 2.75) is 11.8 Å². The lowest BCUT2D eigenvalue weighted by atomic mass is 10.2. The number of nitrogens with one attached hydrogen (secondary N) is 2. The number of rotatable bonds is 3. The van der Waals surface area contributed by atoms with Crippen LogP contribution in [0.3, 0.4) is 0 Å². The number of aromatic amines is 1. The van der Waals surface area contributed by atoms with Gasteiger partial charge in [0.1, 0.15) is 4.90 Å². The Morgan fingerprint density at radius 1 is 1.10 bits per heavy atom. The van der Waals surface area contributed by atoms with E-state index < -0.39 is 10.0 Å². The van der Waals surface area contributed by atoms with E-state index in [0.717, 1.165) is 16.5 Å². The lowest BCUT2D eigenvalue weighted by Gasteiger charge is -2.10. The van der Waals surface area contributed by atoms with Gasteiger partial charge in [0.15, 0.2) is 0 Å². The average molecular weight is 321 g/mol. The smallest absolute Gasteiger partial charge is 0.263 e. The number of hydrogen-bond donors (Lipinski definition) is 2. The van der Waals surface area contributed by atoms with Crippen molar-refractivity contribution in [2.75, 3.05) is 4.72 Å². The number of hydrogen-bond acceptors (Lipinski definition) is 2. The molecular weight excluding hydrogens is 308 g/mol. The Bertz CT molecular complexity index is 916. The summed E-state index contributed by atoms with van der Waals surface area (Å²) >= 11 is 6.03. The molecule has 0 aliphatic heterocycles. The zero-order chi connectivity index (χ0) is 15.0. The van der Waals surface area contributed by atoms with E-state index in [4.69, 9.17) is 11.6 Å². The summed E-state index contributed by atoms with van der Waals surface area (Å²) in [5.74, 6) is 0. The Morgan fingerprint density at radius 2 is 1.90 bits per heavy atom. The predicted molar refractivity (Wildman–Crippen MR) is 85.3 cm³/mol. The summed E-state index contributed by atoms with van der Waals surface area (Å²) < 4.78 is 27.4. The highest BCUT2D eigenvalue weighted by atomic mass is 35.5. The summed E-state index contributed by atoms with van der Waals surface area (Å²) in [4.78, 5) is 3.13. The van der Waals surface area contributed by atoms with Crippen molar-refractivity contribution in [3.8, 4) is 0 Å². The molecule has 4 nitrogen and oxygen atoms in total. The maximum Gasteiger partial charge on any atom is 0.263 e. The normalized spacial score (nSPS) is 11.7. The topological polar surface area (TPSA) is 62.0 Å². The van der Waals surface area contributed by atoms with Crippen molar-refractivity contribution in [3.63, 3.8) is 0 Å². The van der Waals surface area contributed by atoms with Crippen LogP contribution in [0, 0.1) is 6.92 Å². The Balaban J connectivity index is 1.98. The second-order valence-electron chi connectivity index (χ2n) is 4.82. The Kier molecular flexibility index (Phi) is 3.39. The minimum Gasteiger partial charge on any atom is -0.361 e. The molecule has 1 aromatic heterocycles. The molecule has 0 unspecified atom stereocenters. The van der Waals surface area contributed by atoms with Crippen LogP contribution in [-0.2, 0) is 10.0 Å². The van der Waals surface area contributed by atoms with E-state index >= 15 is 0 Å². The number of H-pyrrole nitrogens is 1. The number of anilines is 1. The number of sulfonamides is 1. The predicted octanol–water partition coefficient (Wildman–Crippen LogP) is 3.93. The second kappa shape index (κ2) is 5.09. The molecule has 108 valence electrons. The standard InChI is InChI=1S/C15H13ClN2O2S/c1-10-2-5-15(13(16)8-10)21(19,20)18-12-3-4-14-11(9-12)6-7-17-14/h2-9,17-18H,1H3. The Labute approximate surface area is 127 Å². The van der Waals surface area contributed by atoms with Crippen LogP contribution in [0.25, 0.3) is 10.9 Å². The van der Waals surface area contributed by atoms with E-state index in [-0.39, 0.29) is 9.92 Å². The summed E-state index contributed by atoms with van der Waals surface area (Å²) in [6.45, 7) is 1.86. The van der Waals surface area contributed by atoms with Gasteiger partial charge in [-0.05, 0) is 48.9 Å². The van der Waals surface area contributed by atoms with Crippen molar-refractivity contribution in [2.24, 2.45) is 0 Å². The van der Waals surface area contributed by atoms with E-state index in [9.17, 15) is 8.42 Å². The van der Waals surface area contributed by atoms with Crippen LogP contribution in [0.4, 0.5) is 5.69 Å². The van der Waals surface area contributed by atoms with Gasteiger partial charge in [0.25, 0.3) is 10.0 Å². The molecule has 0 atom stereocenters. The van der Waals surface area contributed by atoms with Gasteiger partial charge in [-0.1, -0.05) is 17.7 Å². The molecule has 2 aromatic carbocycles. The fourth-order valence-electron chi connectivity index (χ4n) is 2.15. The highest BCUT2D eigenvalue weighted by Crippen LogP contribution is 2.26. The maximum atomic E-state index is 12.4. The van der Waals surface area contributed by atoms with Gasteiger partial charge in [-0.3, -0.25) is 4.72 Å². The number of aryl methyl sites for hydroxylation is 1. The molecule has 3 aromatic rings. The van der Waals surface area contributed by atoms with Crippen LogP contribution >= 0.6 is 11.6 Å². The zero-order valence-corrected chi connectivity index (χ0v) is 12.8. The van der Waals surface area contributed by atoms with Crippen molar-refractivity contribution in [3.05, 3.63) is 59.2 Å². The summed E-state index contributed by atoms with van der Waals surface area (Å²) in [5, 5.41) is 1.15. The van der Waals surface area contributed by atoms with Crippen LogP contribution in [0.5, 0.6) is 0 Å². The third-order valence-corrected chi connectivity index (χ3v) is 5.05. The minimum absolute atomic E-state index is 0.0731. The van der Waals surface area contributed by atoms with Gasteiger partial charge < -0.3 is 4.98 Å². The van der Waals surface area contributed by atoms with Crippen LogP contribution in [-0.4, -0.2) is 13.4 Å². The molecule has 0 spiro atoms. The van der Waals surface area contributed by atoms with Crippen LogP contribution in [0.2, 0.25) is 5.02 Å². The molecule has 1 heterocycles. The fourth-order valence-corrected chi connectivity index (χ4v) is 3.80. The fraction of sp³-hybridized carbons (Fsp3) is 0.0667. The van der Waals surface area contributed by atoms with E-state index in [2.05, 4.69) is 9.71 Å². The Hall–Kier alpha value is -1.98. The minimum atomic E-state index is -3.70. The molecule has 0 amide bonds. The second-order valence-corrected chi connectivity index (χ2v) is 6.88. The van der Waals surface area contributed by atoms with E-state index in [0.29, 0.717) is 5.69 Å². The lowest BCUT2D eigenvalue weighted by molar-refractivity contribution is 0.601. The van der Waals surface area contributed by atoms with Gasteiger partial charge in [0.05, 0.1) is 5.02 Å². The van der Waals surface area contributed by atoms with Crippen molar-refractivity contribution in [1.29, 1.82) is 0 Å². The third-order valence-electron chi connectivity index (χ3n) is 3.18. The molecule has 0 aliphatic carbocycles. The molecule has 0 bridgehead atoms. The number of halogens is 1. The summed E-state index contributed by atoms with van der Waals surface area (Å²) in [6.07, 6.45) is 1.81. The van der Waals surface area contributed by atoms with Gasteiger partial charge >= 0.3 is 0 Å². The molecule has 0 fully saturated rings. The van der Waals surface area contributed by atoms with Gasteiger partial charge in [-0.25, -0.2) is 8.42 Å². The summed E-state index contributed by atoms with van der Waals surface area (Å²) in [6, 6.07) is 12.0. The molecule has 0 aliphatic rings. The SMILES string of the molecule is Cc1ccc(S(=O)(=O)Nc2ccc3[nH]ccc3c2)c(Cl)c1. The quantitative estimate of drug-likeness (QED) is 0.768. The number of aromatic nitrogens is 1. The van der Waals surface area contributed by atoms with E-state index in [1.54, 1.807) is 30.5 Å². The highest BCUT2D eigenvalue weighted by molar-refractivity contribution is 7.92. The van der Waals surface area contributed by atoms with Crippen molar-refractivity contribution < 1.29 is 8.42 Å². The first-order valence-electron chi connectivity index (χ1n) is 6.32. The largest absolute Gasteiger partial charge is 0.361 e. The molecule has 0 radical (unpaired) electrons. The van der Waals surface area contributed by atoms with Crippen molar-refractivity contribution in [1.82, 2.24) is 4.98 Å². The maximum absolute atomic E-state index is 12.4. The summed E-state index contributed by atoms with van der Waals surface area (Å²) in [5.41, 5.74) is 2.36. The summed E-state index contributed by atoms with van der Waals surface area (Å²) in [7, 11) is -3.70. The zero-order valence-electron chi connectivity index (χ0n) is 11.2. The molecule has 21 heavy (non-hydrogen) atoms. The van der Waals surface area contributed by atoms with Crippen LogP contribution in [0.1, 0.15) is 5.56 Å². The van der Waals surface area contributed by atoms with Gasteiger partial charge in [-0.15, -0.1) is 0 Å². The molecule has 0 saturated heterocycles. The number of fused-ring (bicyclic) bond motifs is 1. The molecule has 2 N–H and O–H groups in total. The van der Waals surface area contributed by atoms with Gasteiger partial charge in [0.2, 0.25) is 0 Å². The van der Waals surface area contributed by atoms with Crippen LogP contribution < -0.4 is 4.72 Å². The Morgan fingerprint density at radius 3 is 2.67 bits per heavy atom. The van der Waals surface area contributed by atoms with E-state index in [1.807, 2.05) is 19.1 Å². The lowest BCUT2D eigenvalue weighted by Crippen LogP contribution is -2.13. The monoisotopic (exact) mass is 320 g/mol. The number of benzene rings is 2. The molecule has 0 saturated carbocycles. The molecular formula is C15H13ClN2O2S.